The number of benzene rings is 2. The standard InChI is InChI=1S/C15H14N2O2/c1-12(13-8-4-2-5-9-13)17-19-15(18)16-14-10-6-3-7-11-14/h2-11H,1H3,(H,16,18)/b17-12-. The summed E-state index contributed by atoms with van der Waals surface area (Å²) in [6, 6.07) is 18.6. The molecule has 1 amide bonds. The molecular weight excluding hydrogens is 240 g/mol. The van der Waals surface area contributed by atoms with Gasteiger partial charge in [-0.1, -0.05) is 53.7 Å². The molecule has 0 fully saturated rings. The molecule has 0 bridgehead atoms. The van der Waals surface area contributed by atoms with E-state index >= 15 is 0 Å². The van der Waals surface area contributed by atoms with Crippen LogP contribution in [0.1, 0.15) is 12.5 Å². The van der Waals surface area contributed by atoms with Crippen LogP contribution in [0.15, 0.2) is 65.8 Å². The van der Waals surface area contributed by atoms with Gasteiger partial charge in [0, 0.05) is 5.69 Å². The van der Waals surface area contributed by atoms with Crippen LogP contribution in [0.3, 0.4) is 0 Å². The number of rotatable bonds is 3. The van der Waals surface area contributed by atoms with Gasteiger partial charge in [0.05, 0.1) is 5.71 Å². The van der Waals surface area contributed by atoms with E-state index in [0.717, 1.165) is 5.56 Å². The Labute approximate surface area is 111 Å². The maximum Gasteiger partial charge on any atom is 0.437 e. The molecule has 0 aliphatic rings. The number of anilines is 1. The molecule has 2 aromatic rings. The van der Waals surface area contributed by atoms with Crippen molar-refractivity contribution in [1.82, 2.24) is 0 Å². The van der Waals surface area contributed by atoms with Crippen LogP contribution < -0.4 is 5.32 Å². The molecule has 0 radical (unpaired) electrons. The fraction of sp³-hybridized carbons (Fsp3) is 0.0667. The number of nitrogens with one attached hydrogen (secondary N) is 1. The molecule has 2 rings (SSSR count). The van der Waals surface area contributed by atoms with Gasteiger partial charge in [0.1, 0.15) is 0 Å². The van der Waals surface area contributed by atoms with Gasteiger partial charge in [0.2, 0.25) is 0 Å². The Morgan fingerprint density at radius 3 is 2.21 bits per heavy atom. The summed E-state index contributed by atoms with van der Waals surface area (Å²) in [6.07, 6.45) is -0.610. The molecule has 19 heavy (non-hydrogen) atoms. The molecule has 0 atom stereocenters. The number of carbonyl (C=O) groups is 1. The quantitative estimate of drug-likeness (QED) is 0.516. The van der Waals surface area contributed by atoms with Crippen LogP contribution in [-0.4, -0.2) is 11.8 Å². The number of para-hydroxylation sites is 1. The Hall–Kier alpha value is -2.62. The van der Waals surface area contributed by atoms with Crippen LogP contribution in [0.5, 0.6) is 0 Å². The van der Waals surface area contributed by atoms with Crippen LogP contribution >= 0.6 is 0 Å². The Balaban J connectivity index is 1.93. The summed E-state index contributed by atoms with van der Waals surface area (Å²) >= 11 is 0. The van der Waals surface area contributed by atoms with E-state index in [1.165, 1.54) is 0 Å². The third-order valence-corrected chi connectivity index (χ3v) is 2.48. The molecule has 1 N–H and O–H groups in total. The van der Waals surface area contributed by atoms with Crippen LogP contribution in [0, 0.1) is 0 Å². The average Bonchev–Trinajstić information content (AvgIpc) is 2.47. The lowest BCUT2D eigenvalue weighted by atomic mass is 10.1. The van der Waals surface area contributed by atoms with Crippen molar-refractivity contribution in [3.63, 3.8) is 0 Å². The van der Waals surface area contributed by atoms with E-state index in [1.807, 2.05) is 48.5 Å². The fourth-order valence-corrected chi connectivity index (χ4v) is 1.50. The minimum atomic E-state index is -0.610. The van der Waals surface area contributed by atoms with E-state index < -0.39 is 6.09 Å². The predicted octanol–water partition coefficient (Wildman–Crippen LogP) is 3.66. The molecule has 0 spiro atoms. The maximum atomic E-state index is 11.5. The van der Waals surface area contributed by atoms with Crippen molar-refractivity contribution in [2.45, 2.75) is 6.92 Å². The van der Waals surface area contributed by atoms with Gasteiger partial charge in [0.25, 0.3) is 0 Å². The van der Waals surface area contributed by atoms with Gasteiger partial charge in [-0.15, -0.1) is 0 Å². The molecule has 4 heteroatoms. The number of amides is 1. The zero-order chi connectivity index (χ0) is 13.5. The van der Waals surface area contributed by atoms with Crippen LogP contribution in [-0.2, 0) is 4.84 Å². The molecule has 4 nitrogen and oxygen atoms in total. The number of carbonyl (C=O) groups excluding carboxylic acids is 1. The maximum absolute atomic E-state index is 11.5. The number of oxime groups is 1. The molecule has 0 unspecified atom stereocenters. The van der Waals surface area contributed by atoms with E-state index in [9.17, 15) is 4.79 Å². The summed E-state index contributed by atoms with van der Waals surface area (Å²) < 4.78 is 0. The zero-order valence-corrected chi connectivity index (χ0v) is 10.5. The van der Waals surface area contributed by atoms with Gasteiger partial charge in [0.15, 0.2) is 0 Å². The predicted molar refractivity (Wildman–Crippen MR) is 75.2 cm³/mol. The summed E-state index contributed by atoms with van der Waals surface area (Å²) in [7, 11) is 0. The van der Waals surface area contributed by atoms with Gasteiger partial charge >= 0.3 is 6.09 Å². The SMILES string of the molecule is C/C(=N/OC(=O)Nc1ccccc1)c1ccccc1. The highest BCUT2D eigenvalue weighted by atomic mass is 16.7. The smallest absolute Gasteiger partial charge is 0.298 e. The second-order valence-corrected chi connectivity index (χ2v) is 3.91. The summed E-state index contributed by atoms with van der Waals surface area (Å²) in [5.41, 5.74) is 2.22. The lowest BCUT2D eigenvalue weighted by Gasteiger charge is -2.03. The highest BCUT2D eigenvalue weighted by molar-refractivity contribution is 5.98. The lowest BCUT2D eigenvalue weighted by Crippen LogP contribution is -2.11. The summed E-state index contributed by atoms with van der Waals surface area (Å²) in [5.74, 6) is 0. The first-order chi connectivity index (χ1) is 9.25. The minimum absolute atomic E-state index is 0.610. The molecule has 0 aliphatic carbocycles. The first-order valence-corrected chi connectivity index (χ1v) is 5.89. The largest absolute Gasteiger partial charge is 0.437 e. The Morgan fingerprint density at radius 1 is 1.00 bits per heavy atom. The van der Waals surface area contributed by atoms with E-state index in [1.54, 1.807) is 19.1 Å². The second-order valence-electron chi connectivity index (χ2n) is 3.91. The number of nitrogens with zero attached hydrogens (tertiary/aromatic N) is 1. The van der Waals surface area contributed by atoms with Gasteiger partial charge in [-0.25, -0.2) is 4.79 Å². The van der Waals surface area contributed by atoms with Crippen molar-refractivity contribution in [2.24, 2.45) is 5.16 Å². The Morgan fingerprint density at radius 2 is 1.58 bits per heavy atom. The van der Waals surface area contributed by atoms with Crippen molar-refractivity contribution >= 4 is 17.5 Å². The molecule has 0 aromatic heterocycles. The Kier molecular flexibility index (Phi) is 4.29. The molecule has 0 aliphatic heterocycles. The molecular formula is C15H14N2O2. The van der Waals surface area contributed by atoms with E-state index in [2.05, 4.69) is 10.5 Å². The van der Waals surface area contributed by atoms with Gasteiger partial charge in [-0.2, -0.15) is 0 Å². The highest BCUT2D eigenvalue weighted by Gasteiger charge is 2.03. The summed E-state index contributed by atoms with van der Waals surface area (Å²) in [4.78, 5) is 16.3. The summed E-state index contributed by atoms with van der Waals surface area (Å²) in [6.45, 7) is 1.78. The van der Waals surface area contributed by atoms with Crippen LogP contribution in [0.4, 0.5) is 10.5 Å². The minimum Gasteiger partial charge on any atom is -0.298 e. The molecule has 96 valence electrons. The molecule has 2 aromatic carbocycles. The fourth-order valence-electron chi connectivity index (χ4n) is 1.50. The number of hydrogen-bond acceptors (Lipinski definition) is 3. The van der Waals surface area contributed by atoms with Crippen molar-refractivity contribution in [3.05, 3.63) is 66.2 Å². The van der Waals surface area contributed by atoms with Crippen molar-refractivity contribution in [2.75, 3.05) is 5.32 Å². The third-order valence-electron chi connectivity index (χ3n) is 2.48. The molecule has 0 heterocycles. The van der Waals surface area contributed by atoms with E-state index in [4.69, 9.17) is 4.84 Å². The van der Waals surface area contributed by atoms with Crippen molar-refractivity contribution < 1.29 is 9.63 Å². The lowest BCUT2D eigenvalue weighted by molar-refractivity contribution is 0.166. The van der Waals surface area contributed by atoms with E-state index in [-0.39, 0.29) is 0 Å². The van der Waals surface area contributed by atoms with Crippen molar-refractivity contribution in [1.29, 1.82) is 0 Å². The summed E-state index contributed by atoms with van der Waals surface area (Å²) in [5, 5.41) is 6.38. The van der Waals surface area contributed by atoms with Crippen molar-refractivity contribution in [3.8, 4) is 0 Å². The number of hydrogen-bond donors (Lipinski definition) is 1. The first-order valence-electron chi connectivity index (χ1n) is 5.89. The monoisotopic (exact) mass is 254 g/mol. The average molecular weight is 254 g/mol. The van der Waals surface area contributed by atoms with Crippen LogP contribution in [0.2, 0.25) is 0 Å². The van der Waals surface area contributed by atoms with Gasteiger partial charge in [-0.3, -0.25) is 10.2 Å². The zero-order valence-electron chi connectivity index (χ0n) is 10.5. The van der Waals surface area contributed by atoms with Gasteiger partial charge in [-0.05, 0) is 24.6 Å². The molecule has 0 saturated heterocycles. The first kappa shape index (κ1) is 12.8. The van der Waals surface area contributed by atoms with Crippen LogP contribution in [0.25, 0.3) is 0 Å². The molecule has 0 saturated carbocycles. The highest BCUT2D eigenvalue weighted by Crippen LogP contribution is 2.06. The van der Waals surface area contributed by atoms with E-state index in [0.29, 0.717) is 11.4 Å². The Bertz CT molecular complexity index is 565. The topological polar surface area (TPSA) is 50.7 Å². The normalized spacial score (nSPS) is 10.9. The van der Waals surface area contributed by atoms with Gasteiger partial charge < -0.3 is 0 Å². The third kappa shape index (κ3) is 3.96. The second kappa shape index (κ2) is 6.35.